The van der Waals surface area contributed by atoms with Gasteiger partial charge in [-0.3, -0.25) is 14.8 Å². The Bertz CT molecular complexity index is 692. The minimum atomic E-state index is 0.264. The zero-order valence-electron chi connectivity index (χ0n) is 14.0. The number of nitrogens with zero attached hydrogens (tertiary/aromatic N) is 3. The van der Waals surface area contributed by atoms with E-state index in [-0.39, 0.29) is 5.75 Å². The average molecular weight is 327 g/mol. The molecule has 1 aromatic heterocycles. The first-order chi connectivity index (χ1) is 11.8. The Hall–Kier alpha value is -1.69. The Balaban J connectivity index is 1.41. The molecule has 3 heterocycles. The fourth-order valence-corrected chi connectivity index (χ4v) is 3.98. The number of rotatable bonds is 3. The Morgan fingerprint density at radius 3 is 2.67 bits per heavy atom. The molecular weight excluding hydrogens is 302 g/mol. The molecule has 1 aromatic carbocycles. The van der Waals surface area contributed by atoms with E-state index >= 15 is 0 Å². The van der Waals surface area contributed by atoms with Crippen molar-refractivity contribution in [3.8, 4) is 5.75 Å². The van der Waals surface area contributed by atoms with Gasteiger partial charge in [-0.25, -0.2) is 0 Å². The summed E-state index contributed by atoms with van der Waals surface area (Å²) in [6.45, 7) is 7.12. The molecule has 2 aliphatic rings. The maximum absolute atomic E-state index is 9.99. The molecule has 1 N–H and O–H groups in total. The number of hydrogen-bond acceptors (Lipinski definition) is 5. The highest BCUT2D eigenvalue weighted by Gasteiger charge is 2.26. The minimum Gasteiger partial charge on any atom is -0.506 e. The molecule has 5 nitrogen and oxygen atoms in total. The van der Waals surface area contributed by atoms with Gasteiger partial charge in [0.05, 0.1) is 13.2 Å². The van der Waals surface area contributed by atoms with Crippen LogP contribution in [0, 0.1) is 0 Å². The fraction of sp³-hybridized carbons (Fsp3) is 0.526. The number of morpholine rings is 1. The van der Waals surface area contributed by atoms with Crippen LogP contribution in [-0.4, -0.2) is 65.3 Å². The number of aromatic hydroxyl groups is 1. The quantitative estimate of drug-likeness (QED) is 0.937. The van der Waals surface area contributed by atoms with Crippen LogP contribution in [0.2, 0.25) is 0 Å². The topological polar surface area (TPSA) is 48.8 Å². The van der Waals surface area contributed by atoms with E-state index in [0.29, 0.717) is 11.6 Å². The van der Waals surface area contributed by atoms with E-state index in [4.69, 9.17) is 4.74 Å². The first-order valence-corrected chi connectivity index (χ1v) is 8.91. The summed E-state index contributed by atoms with van der Waals surface area (Å²) in [6.07, 6.45) is 4.20. The van der Waals surface area contributed by atoms with Gasteiger partial charge in [0.1, 0.15) is 11.3 Å². The highest BCUT2D eigenvalue weighted by Crippen LogP contribution is 2.27. The summed E-state index contributed by atoms with van der Waals surface area (Å²) < 4.78 is 5.46. The number of phenolic OH excluding ortho intramolecular Hbond substituents is 1. The van der Waals surface area contributed by atoms with E-state index in [0.717, 1.165) is 51.3 Å². The third-order valence-corrected chi connectivity index (χ3v) is 5.35. The molecule has 0 saturated carbocycles. The smallest absolute Gasteiger partial charge is 0.141 e. The number of hydrogen-bond donors (Lipinski definition) is 1. The maximum atomic E-state index is 9.99. The summed E-state index contributed by atoms with van der Waals surface area (Å²) >= 11 is 0. The third kappa shape index (κ3) is 3.24. The van der Waals surface area contributed by atoms with Crippen LogP contribution in [0.5, 0.6) is 5.75 Å². The van der Waals surface area contributed by atoms with E-state index in [9.17, 15) is 5.11 Å². The largest absolute Gasteiger partial charge is 0.506 e. The molecule has 2 fully saturated rings. The van der Waals surface area contributed by atoms with E-state index in [1.54, 1.807) is 12.3 Å². The summed E-state index contributed by atoms with van der Waals surface area (Å²) in [5, 5.41) is 11.1. The normalized spacial score (nSPS) is 21.3. The number of aromatic nitrogens is 1. The highest BCUT2D eigenvalue weighted by molar-refractivity contribution is 5.87. The van der Waals surface area contributed by atoms with Gasteiger partial charge in [-0.05, 0) is 43.6 Å². The highest BCUT2D eigenvalue weighted by atomic mass is 16.5. The molecule has 2 aromatic rings. The predicted octanol–water partition coefficient (Wildman–Crippen LogP) is 2.24. The van der Waals surface area contributed by atoms with Crippen molar-refractivity contribution in [2.75, 3.05) is 39.4 Å². The van der Waals surface area contributed by atoms with Crippen molar-refractivity contribution in [1.29, 1.82) is 0 Å². The van der Waals surface area contributed by atoms with Gasteiger partial charge in [-0.15, -0.1) is 0 Å². The molecule has 2 aliphatic heterocycles. The lowest BCUT2D eigenvalue weighted by Crippen LogP contribution is -2.48. The number of phenols is 1. The Kier molecular flexibility index (Phi) is 4.65. The maximum Gasteiger partial charge on any atom is 0.141 e. The van der Waals surface area contributed by atoms with Gasteiger partial charge in [0, 0.05) is 37.3 Å². The van der Waals surface area contributed by atoms with Crippen LogP contribution in [0.25, 0.3) is 10.9 Å². The fourth-order valence-electron chi connectivity index (χ4n) is 3.98. The monoisotopic (exact) mass is 327 g/mol. The number of ether oxygens (including phenoxy) is 1. The molecule has 0 radical (unpaired) electrons. The summed E-state index contributed by atoms with van der Waals surface area (Å²) in [4.78, 5) is 9.44. The van der Waals surface area contributed by atoms with E-state index < -0.39 is 0 Å². The van der Waals surface area contributed by atoms with Gasteiger partial charge in [0.15, 0.2) is 0 Å². The molecule has 0 unspecified atom stereocenters. The summed E-state index contributed by atoms with van der Waals surface area (Å²) in [5.41, 5.74) is 1.96. The summed E-state index contributed by atoms with van der Waals surface area (Å²) in [6, 6.07) is 8.51. The van der Waals surface area contributed by atoms with Crippen LogP contribution < -0.4 is 0 Å². The van der Waals surface area contributed by atoms with E-state index in [1.165, 1.54) is 18.4 Å². The van der Waals surface area contributed by atoms with Crippen molar-refractivity contribution in [3.63, 3.8) is 0 Å². The molecular formula is C19H25N3O2. The second kappa shape index (κ2) is 7.05. The number of fused-ring (bicyclic) bond motifs is 1. The van der Waals surface area contributed by atoms with Crippen molar-refractivity contribution in [1.82, 2.24) is 14.8 Å². The van der Waals surface area contributed by atoms with Crippen LogP contribution in [0.4, 0.5) is 0 Å². The minimum absolute atomic E-state index is 0.264. The number of pyridine rings is 1. The molecule has 0 bridgehead atoms. The first-order valence-electron chi connectivity index (χ1n) is 8.91. The average Bonchev–Trinajstić information content (AvgIpc) is 2.66. The zero-order chi connectivity index (χ0) is 16.4. The molecule has 4 rings (SSSR count). The predicted molar refractivity (Wildman–Crippen MR) is 94.1 cm³/mol. The zero-order valence-corrected chi connectivity index (χ0v) is 14.0. The van der Waals surface area contributed by atoms with Gasteiger partial charge in [0.25, 0.3) is 0 Å². The van der Waals surface area contributed by atoms with Crippen LogP contribution in [-0.2, 0) is 11.3 Å². The Labute approximate surface area is 142 Å². The lowest BCUT2D eigenvalue weighted by molar-refractivity contribution is 0.000261. The molecule has 0 amide bonds. The standard InChI is InChI=1S/C19H25N3O2/c23-18-4-3-15(17-2-1-7-20-19(17)18)14-21-8-5-16(6-9-21)22-10-12-24-13-11-22/h1-4,7,16,23H,5-6,8-14H2. The van der Waals surface area contributed by atoms with Crippen LogP contribution in [0.3, 0.4) is 0 Å². The molecule has 0 spiro atoms. The third-order valence-electron chi connectivity index (χ3n) is 5.35. The van der Waals surface area contributed by atoms with Gasteiger partial charge in [-0.2, -0.15) is 0 Å². The SMILES string of the molecule is Oc1ccc(CN2CCC(N3CCOCC3)CC2)c2cccnc12. The lowest BCUT2D eigenvalue weighted by atomic mass is 10.0. The molecule has 24 heavy (non-hydrogen) atoms. The summed E-state index contributed by atoms with van der Waals surface area (Å²) in [7, 11) is 0. The van der Waals surface area contributed by atoms with E-state index in [1.807, 2.05) is 12.1 Å². The first kappa shape index (κ1) is 15.8. The van der Waals surface area contributed by atoms with Gasteiger partial charge in [0.2, 0.25) is 0 Å². The Morgan fingerprint density at radius 2 is 1.88 bits per heavy atom. The van der Waals surface area contributed by atoms with Crippen molar-refractivity contribution >= 4 is 10.9 Å². The van der Waals surface area contributed by atoms with Crippen molar-refractivity contribution < 1.29 is 9.84 Å². The molecule has 0 atom stereocenters. The van der Waals surface area contributed by atoms with Crippen LogP contribution in [0.1, 0.15) is 18.4 Å². The number of likely N-dealkylation sites (tertiary alicyclic amines) is 1. The van der Waals surface area contributed by atoms with Crippen molar-refractivity contribution in [2.45, 2.75) is 25.4 Å². The molecule has 5 heteroatoms. The van der Waals surface area contributed by atoms with Crippen LogP contribution >= 0.6 is 0 Å². The van der Waals surface area contributed by atoms with Gasteiger partial charge >= 0.3 is 0 Å². The van der Waals surface area contributed by atoms with Crippen molar-refractivity contribution in [3.05, 3.63) is 36.0 Å². The van der Waals surface area contributed by atoms with Crippen molar-refractivity contribution in [2.24, 2.45) is 0 Å². The molecule has 0 aliphatic carbocycles. The van der Waals surface area contributed by atoms with E-state index in [2.05, 4.69) is 20.9 Å². The summed E-state index contributed by atoms with van der Waals surface area (Å²) in [5.74, 6) is 0.264. The number of piperidine rings is 1. The second-order valence-corrected chi connectivity index (χ2v) is 6.80. The lowest BCUT2D eigenvalue weighted by Gasteiger charge is -2.40. The van der Waals surface area contributed by atoms with Gasteiger partial charge in [-0.1, -0.05) is 12.1 Å². The molecule has 128 valence electrons. The Morgan fingerprint density at radius 1 is 1.08 bits per heavy atom. The van der Waals surface area contributed by atoms with Gasteiger partial charge < -0.3 is 9.84 Å². The molecule has 2 saturated heterocycles. The van der Waals surface area contributed by atoms with Crippen LogP contribution in [0.15, 0.2) is 30.5 Å². The number of benzene rings is 1. The second-order valence-electron chi connectivity index (χ2n) is 6.80.